The van der Waals surface area contributed by atoms with E-state index in [9.17, 15) is 14.3 Å². The Morgan fingerprint density at radius 3 is 2.56 bits per heavy atom. The van der Waals surface area contributed by atoms with Gasteiger partial charge in [-0.05, 0) is 30.5 Å². The number of hydrogen-bond donors (Lipinski definition) is 1. The fourth-order valence-corrected chi connectivity index (χ4v) is 2.75. The third-order valence-electron chi connectivity index (χ3n) is 3.13. The Kier molecular flexibility index (Phi) is 2.97. The SMILES string of the molecule is O=C(O)C1(c2cc(Br)cc(F)c2Cl)CCC1. The highest BCUT2D eigenvalue weighted by Crippen LogP contribution is 2.47. The first-order valence-corrected chi connectivity index (χ1v) is 6.03. The molecular formula is C11H9BrClFO2. The maximum absolute atomic E-state index is 13.4. The fraction of sp³-hybridized carbons (Fsp3) is 0.364. The Labute approximate surface area is 106 Å². The van der Waals surface area contributed by atoms with Crippen molar-refractivity contribution in [1.29, 1.82) is 0 Å². The molecule has 1 N–H and O–H groups in total. The molecule has 86 valence electrons. The van der Waals surface area contributed by atoms with Crippen molar-refractivity contribution in [3.63, 3.8) is 0 Å². The lowest BCUT2D eigenvalue weighted by Crippen LogP contribution is -2.42. The van der Waals surface area contributed by atoms with Crippen molar-refractivity contribution in [2.75, 3.05) is 0 Å². The summed E-state index contributed by atoms with van der Waals surface area (Å²) in [7, 11) is 0. The largest absolute Gasteiger partial charge is 0.481 e. The van der Waals surface area contributed by atoms with Gasteiger partial charge in [-0.25, -0.2) is 4.39 Å². The molecule has 0 atom stereocenters. The van der Waals surface area contributed by atoms with Gasteiger partial charge in [-0.1, -0.05) is 34.0 Å². The normalized spacial score (nSPS) is 17.9. The molecule has 2 rings (SSSR count). The molecule has 1 aromatic rings. The van der Waals surface area contributed by atoms with Crippen molar-refractivity contribution in [3.05, 3.63) is 33.0 Å². The van der Waals surface area contributed by atoms with Gasteiger partial charge in [0.1, 0.15) is 5.82 Å². The molecular weight excluding hydrogens is 298 g/mol. The van der Waals surface area contributed by atoms with Gasteiger partial charge in [-0.3, -0.25) is 4.79 Å². The maximum atomic E-state index is 13.4. The zero-order valence-corrected chi connectivity index (χ0v) is 10.6. The Hall–Kier alpha value is -0.610. The van der Waals surface area contributed by atoms with E-state index >= 15 is 0 Å². The standard InChI is InChI=1S/C11H9BrClFO2/c12-6-4-7(9(13)8(14)5-6)11(10(15)16)2-1-3-11/h4-5H,1-3H2,(H,15,16). The average Bonchev–Trinajstić information content (AvgIpc) is 2.10. The van der Waals surface area contributed by atoms with E-state index in [2.05, 4.69) is 15.9 Å². The molecule has 0 amide bonds. The molecule has 0 radical (unpaired) electrons. The van der Waals surface area contributed by atoms with E-state index in [4.69, 9.17) is 11.6 Å². The molecule has 1 saturated carbocycles. The number of halogens is 3. The number of carboxylic acids is 1. The second-order valence-electron chi connectivity index (χ2n) is 3.99. The van der Waals surface area contributed by atoms with Gasteiger partial charge >= 0.3 is 5.97 Å². The molecule has 0 aromatic heterocycles. The van der Waals surface area contributed by atoms with Gasteiger partial charge in [0, 0.05) is 4.47 Å². The van der Waals surface area contributed by atoms with Crippen LogP contribution in [0.4, 0.5) is 4.39 Å². The number of carbonyl (C=O) groups is 1. The van der Waals surface area contributed by atoms with E-state index in [0.717, 1.165) is 6.42 Å². The number of carboxylic acid groups (broad SMARTS) is 1. The summed E-state index contributed by atoms with van der Waals surface area (Å²) in [6.07, 6.45) is 1.85. The summed E-state index contributed by atoms with van der Waals surface area (Å²) in [5.74, 6) is -1.52. The number of benzene rings is 1. The predicted octanol–water partition coefficient (Wildman–Crippen LogP) is 3.75. The lowest BCUT2D eigenvalue weighted by atomic mass is 9.64. The summed E-state index contributed by atoms with van der Waals surface area (Å²) in [4.78, 5) is 11.3. The lowest BCUT2D eigenvalue weighted by Gasteiger charge is -2.38. The quantitative estimate of drug-likeness (QED) is 0.845. The van der Waals surface area contributed by atoms with Crippen molar-refractivity contribution < 1.29 is 14.3 Å². The topological polar surface area (TPSA) is 37.3 Å². The van der Waals surface area contributed by atoms with E-state index in [1.807, 2.05) is 0 Å². The Morgan fingerprint density at radius 1 is 1.50 bits per heavy atom. The fourth-order valence-electron chi connectivity index (χ4n) is 2.03. The molecule has 0 spiro atoms. The van der Waals surface area contributed by atoms with E-state index in [0.29, 0.717) is 22.9 Å². The van der Waals surface area contributed by atoms with Gasteiger partial charge in [0.05, 0.1) is 10.4 Å². The molecule has 1 fully saturated rings. The minimum absolute atomic E-state index is 0.0784. The van der Waals surface area contributed by atoms with Crippen LogP contribution in [0.25, 0.3) is 0 Å². The molecule has 16 heavy (non-hydrogen) atoms. The van der Waals surface area contributed by atoms with Crippen molar-refractivity contribution in [3.8, 4) is 0 Å². The molecule has 2 nitrogen and oxygen atoms in total. The second kappa shape index (κ2) is 4.00. The zero-order chi connectivity index (χ0) is 11.9. The first-order chi connectivity index (χ1) is 7.47. The van der Waals surface area contributed by atoms with Crippen LogP contribution in [-0.4, -0.2) is 11.1 Å². The van der Waals surface area contributed by atoms with Gasteiger partial charge in [0.2, 0.25) is 0 Å². The molecule has 1 aliphatic rings. The summed E-state index contributed by atoms with van der Waals surface area (Å²) in [5, 5.41) is 9.17. The minimum atomic E-state index is -0.998. The van der Waals surface area contributed by atoms with Gasteiger partial charge < -0.3 is 5.11 Å². The van der Waals surface area contributed by atoms with Crippen LogP contribution in [0.1, 0.15) is 24.8 Å². The molecule has 0 unspecified atom stereocenters. The Morgan fingerprint density at radius 2 is 2.12 bits per heavy atom. The van der Waals surface area contributed by atoms with Crippen molar-refractivity contribution in [2.45, 2.75) is 24.7 Å². The van der Waals surface area contributed by atoms with E-state index < -0.39 is 17.2 Å². The minimum Gasteiger partial charge on any atom is -0.481 e. The first-order valence-electron chi connectivity index (χ1n) is 4.86. The zero-order valence-electron chi connectivity index (χ0n) is 8.27. The van der Waals surface area contributed by atoms with Crippen LogP contribution >= 0.6 is 27.5 Å². The van der Waals surface area contributed by atoms with Gasteiger partial charge in [0.25, 0.3) is 0 Å². The van der Waals surface area contributed by atoms with E-state index in [1.54, 1.807) is 6.07 Å². The summed E-state index contributed by atoms with van der Waals surface area (Å²) in [6, 6.07) is 2.83. The van der Waals surface area contributed by atoms with Crippen molar-refractivity contribution in [2.24, 2.45) is 0 Å². The van der Waals surface area contributed by atoms with E-state index in [-0.39, 0.29) is 5.02 Å². The van der Waals surface area contributed by atoms with Crippen LogP contribution in [0.3, 0.4) is 0 Å². The smallest absolute Gasteiger partial charge is 0.314 e. The number of hydrogen-bond acceptors (Lipinski definition) is 1. The Balaban J connectivity index is 2.59. The van der Waals surface area contributed by atoms with Crippen LogP contribution in [-0.2, 0) is 10.2 Å². The van der Waals surface area contributed by atoms with Gasteiger partial charge in [-0.2, -0.15) is 0 Å². The van der Waals surface area contributed by atoms with Crippen LogP contribution in [0, 0.1) is 5.82 Å². The average molecular weight is 308 g/mol. The van der Waals surface area contributed by atoms with Crippen molar-refractivity contribution in [1.82, 2.24) is 0 Å². The molecule has 0 aliphatic heterocycles. The molecule has 0 saturated heterocycles. The highest BCUT2D eigenvalue weighted by Gasteiger charge is 2.47. The third kappa shape index (κ3) is 1.64. The molecule has 1 aromatic carbocycles. The monoisotopic (exact) mass is 306 g/mol. The van der Waals surface area contributed by atoms with Crippen LogP contribution in [0.5, 0.6) is 0 Å². The molecule has 0 heterocycles. The van der Waals surface area contributed by atoms with Gasteiger partial charge in [0.15, 0.2) is 0 Å². The predicted molar refractivity (Wildman–Crippen MR) is 62.3 cm³/mol. The van der Waals surface area contributed by atoms with Gasteiger partial charge in [-0.15, -0.1) is 0 Å². The highest BCUT2D eigenvalue weighted by atomic mass is 79.9. The lowest BCUT2D eigenvalue weighted by molar-refractivity contribution is -0.147. The number of aliphatic carboxylic acids is 1. The molecule has 0 bridgehead atoms. The summed E-state index contributed by atoms with van der Waals surface area (Å²) < 4.78 is 14.0. The maximum Gasteiger partial charge on any atom is 0.314 e. The van der Waals surface area contributed by atoms with Crippen LogP contribution < -0.4 is 0 Å². The summed E-state index contributed by atoms with van der Waals surface area (Å²) >= 11 is 9.00. The first kappa shape index (κ1) is 11.9. The molecule has 1 aliphatic carbocycles. The Bertz CT molecular complexity index is 458. The number of rotatable bonds is 2. The van der Waals surface area contributed by atoms with Crippen LogP contribution in [0.15, 0.2) is 16.6 Å². The second-order valence-corrected chi connectivity index (χ2v) is 5.28. The highest BCUT2D eigenvalue weighted by molar-refractivity contribution is 9.10. The van der Waals surface area contributed by atoms with Crippen molar-refractivity contribution >= 4 is 33.5 Å². The summed E-state index contributed by atoms with van der Waals surface area (Å²) in [6.45, 7) is 0. The van der Waals surface area contributed by atoms with Crippen LogP contribution in [0.2, 0.25) is 5.02 Å². The summed E-state index contributed by atoms with van der Waals surface area (Å²) in [5.41, 5.74) is -0.624. The van der Waals surface area contributed by atoms with E-state index in [1.165, 1.54) is 6.07 Å². The molecule has 5 heteroatoms. The third-order valence-corrected chi connectivity index (χ3v) is 3.97.